The van der Waals surface area contributed by atoms with Gasteiger partial charge in [0.25, 0.3) is 0 Å². The van der Waals surface area contributed by atoms with Crippen molar-refractivity contribution < 1.29 is 28.5 Å². The molecule has 0 spiro atoms. The number of anilines is 2. The predicted molar refractivity (Wildman–Crippen MR) is 114 cm³/mol. The fourth-order valence-electron chi connectivity index (χ4n) is 2.92. The number of carbonyl (C=O) groups is 1. The van der Waals surface area contributed by atoms with Crippen molar-refractivity contribution in [2.75, 3.05) is 40.2 Å². The van der Waals surface area contributed by atoms with Crippen LogP contribution in [0.2, 0.25) is 0 Å². The molecule has 0 aliphatic heterocycles. The van der Waals surface area contributed by atoms with Crippen LogP contribution in [0.5, 0.6) is 11.5 Å². The predicted octanol–water partition coefficient (Wildman–Crippen LogP) is 3.50. The molecule has 0 atom stereocenters. The van der Waals surface area contributed by atoms with Crippen LogP contribution >= 0.6 is 0 Å². The van der Waals surface area contributed by atoms with E-state index < -0.39 is 5.97 Å². The van der Waals surface area contributed by atoms with Crippen LogP contribution in [-0.4, -0.2) is 51.1 Å². The summed E-state index contributed by atoms with van der Waals surface area (Å²) in [4.78, 5) is 12.5. The lowest BCUT2D eigenvalue weighted by Crippen LogP contribution is -2.11. The first-order valence-electron chi connectivity index (χ1n) is 9.49. The number of hydrogen-bond donors (Lipinski definition) is 2. The van der Waals surface area contributed by atoms with Crippen LogP contribution in [-0.2, 0) is 20.6 Å². The number of hydrogen-bond acceptors (Lipinski definition) is 8. The number of aromatic amines is 1. The van der Waals surface area contributed by atoms with E-state index in [0.717, 1.165) is 11.3 Å². The van der Waals surface area contributed by atoms with E-state index in [1.807, 2.05) is 36.4 Å². The van der Waals surface area contributed by atoms with Crippen LogP contribution in [0.25, 0.3) is 0 Å². The van der Waals surface area contributed by atoms with E-state index in [1.54, 1.807) is 12.1 Å². The van der Waals surface area contributed by atoms with E-state index in [4.69, 9.17) is 23.7 Å². The summed E-state index contributed by atoms with van der Waals surface area (Å²) in [5.41, 5.74) is 2.66. The van der Waals surface area contributed by atoms with Gasteiger partial charge >= 0.3 is 5.97 Å². The number of ether oxygens (including phenoxy) is 5. The van der Waals surface area contributed by atoms with Gasteiger partial charge in [0, 0.05) is 44.5 Å². The Bertz CT molecular complexity index is 990. The van der Waals surface area contributed by atoms with Gasteiger partial charge in [-0.05, 0) is 5.56 Å². The molecule has 1 aromatic heterocycles. The number of H-pyrrole nitrogens is 1. The maximum Gasteiger partial charge on any atom is 0.343 e. The Kier molecular flexibility index (Phi) is 7.85. The highest BCUT2D eigenvalue weighted by molar-refractivity contribution is 5.99. The Labute approximate surface area is 180 Å². The summed E-state index contributed by atoms with van der Waals surface area (Å²) in [6, 6.07) is 15.1. The molecule has 0 saturated carbocycles. The van der Waals surface area contributed by atoms with Crippen molar-refractivity contribution in [3.05, 3.63) is 65.4 Å². The summed E-state index contributed by atoms with van der Waals surface area (Å²) in [7, 11) is 4.30. The highest BCUT2D eigenvalue weighted by atomic mass is 16.7. The van der Waals surface area contributed by atoms with E-state index in [9.17, 15) is 4.79 Å². The molecule has 0 saturated heterocycles. The molecule has 2 N–H and O–H groups in total. The van der Waals surface area contributed by atoms with Crippen LogP contribution in [0.1, 0.15) is 21.6 Å². The largest absolute Gasteiger partial charge is 0.467 e. The van der Waals surface area contributed by atoms with E-state index in [0.29, 0.717) is 23.7 Å². The van der Waals surface area contributed by atoms with Crippen LogP contribution in [0.15, 0.2) is 48.5 Å². The average Bonchev–Trinajstić information content (AvgIpc) is 3.22. The van der Waals surface area contributed by atoms with Gasteiger partial charge in [-0.25, -0.2) is 4.79 Å². The Morgan fingerprint density at radius 3 is 2.45 bits per heavy atom. The summed E-state index contributed by atoms with van der Waals surface area (Å²) in [6.07, 6.45) is 0.693. The van der Waals surface area contributed by atoms with E-state index >= 15 is 0 Å². The van der Waals surface area contributed by atoms with Crippen LogP contribution in [0.4, 0.5) is 11.5 Å². The Balaban J connectivity index is 1.91. The molecule has 1 heterocycles. The number of esters is 1. The van der Waals surface area contributed by atoms with Gasteiger partial charge in [-0.3, -0.25) is 5.10 Å². The van der Waals surface area contributed by atoms with Gasteiger partial charge in [-0.15, -0.1) is 0 Å². The lowest BCUT2D eigenvalue weighted by atomic mass is 10.1. The number of aromatic nitrogens is 2. The van der Waals surface area contributed by atoms with Gasteiger partial charge in [-0.1, -0.05) is 30.3 Å². The van der Waals surface area contributed by atoms with Crippen LogP contribution < -0.4 is 14.8 Å². The molecule has 0 unspecified atom stereocenters. The Morgan fingerprint density at radius 1 is 1.00 bits per heavy atom. The normalized spacial score (nSPS) is 10.5. The van der Waals surface area contributed by atoms with Gasteiger partial charge in [0.1, 0.15) is 17.1 Å². The monoisotopic (exact) mass is 427 g/mol. The summed E-state index contributed by atoms with van der Waals surface area (Å²) >= 11 is 0. The van der Waals surface area contributed by atoms with Crippen molar-refractivity contribution in [1.29, 1.82) is 0 Å². The number of benzene rings is 2. The van der Waals surface area contributed by atoms with Gasteiger partial charge in [0.15, 0.2) is 19.4 Å². The van der Waals surface area contributed by atoms with Gasteiger partial charge in [0.05, 0.1) is 12.8 Å². The van der Waals surface area contributed by atoms with Crippen molar-refractivity contribution in [3.8, 4) is 11.5 Å². The van der Waals surface area contributed by atoms with Crippen molar-refractivity contribution in [3.63, 3.8) is 0 Å². The fourth-order valence-corrected chi connectivity index (χ4v) is 2.92. The van der Waals surface area contributed by atoms with E-state index in [-0.39, 0.29) is 24.9 Å². The molecule has 0 bridgehead atoms. The number of nitrogens with zero attached hydrogens (tertiary/aromatic N) is 1. The smallest absolute Gasteiger partial charge is 0.343 e. The van der Waals surface area contributed by atoms with Crippen molar-refractivity contribution in [2.45, 2.75) is 6.42 Å². The highest BCUT2D eigenvalue weighted by Gasteiger charge is 2.22. The van der Waals surface area contributed by atoms with Crippen LogP contribution in [0.3, 0.4) is 0 Å². The fraction of sp³-hybridized carbons (Fsp3) is 0.273. The first-order chi connectivity index (χ1) is 15.1. The molecule has 3 aromatic rings. The molecule has 164 valence electrons. The minimum Gasteiger partial charge on any atom is -0.467 e. The lowest BCUT2D eigenvalue weighted by Gasteiger charge is -2.16. The standard InChI is InChI=1S/C22H25N3O6/c1-27-13-30-17-11-18(21(22(26)29-3)19(12-17)31-14-28-2)23-20-10-16(24-25-20)9-15-7-5-4-6-8-15/h4-8,10-12H,9,13-14H2,1-3H3,(H2,23,24,25). The van der Waals surface area contributed by atoms with E-state index in [2.05, 4.69) is 15.5 Å². The molecule has 0 aliphatic rings. The van der Waals surface area contributed by atoms with Crippen LogP contribution in [0, 0.1) is 0 Å². The molecule has 3 rings (SSSR count). The maximum absolute atomic E-state index is 12.5. The molecule has 9 nitrogen and oxygen atoms in total. The first kappa shape index (κ1) is 22.1. The van der Waals surface area contributed by atoms with E-state index in [1.165, 1.54) is 21.3 Å². The molecule has 2 aromatic carbocycles. The summed E-state index contributed by atoms with van der Waals surface area (Å²) in [5, 5.41) is 10.4. The zero-order valence-electron chi connectivity index (χ0n) is 17.6. The zero-order chi connectivity index (χ0) is 22.1. The number of methoxy groups -OCH3 is 3. The van der Waals surface area contributed by atoms with Crippen molar-refractivity contribution >= 4 is 17.5 Å². The lowest BCUT2D eigenvalue weighted by molar-refractivity contribution is 0.0436. The first-order valence-corrected chi connectivity index (χ1v) is 9.49. The number of nitrogens with one attached hydrogen (secondary N) is 2. The van der Waals surface area contributed by atoms with Crippen molar-refractivity contribution in [2.24, 2.45) is 0 Å². The quantitative estimate of drug-likeness (QED) is 0.354. The average molecular weight is 427 g/mol. The molecular weight excluding hydrogens is 402 g/mol. The molecule has 0 amide bonds. The minimum atomic E-state index is -0.577. The summed E-state index contributed by atoms with van der Waals surface area (Å²) in [5.74, 6) is 0.623. The second-order valence-electron chi connectivity index (χ2n) is 6.50. The van der Waals surface area contributed by atoms with Crippen molar-refractivity contribution in [1.82, 2.24) is 10.2 Å². The van der Waals surface area contributed by atoms with Gasteiger partial charge < -0.3 is 29.0 Å². The third-order valence-electron chi connectivity index (χ3n) is 4.27. The summed E-state index contributed by atoms with van der Waals surface area (Å²) < 4.78 is 26.0. The highest BCUT2D eigenvalue weighted by Crippen LogP contribution is 2.35. The SMILES string of the molecule is COCOc1cc(Nc2cc(Cc3ccccc3)[nH]n2)c(C(=O)OC)c(OCOC)c1. The third-order valence-corrected chi connectivity index (χ3v) is 4.27. The Hall–Kier alpha value is -3.56. The second kappa shape index (κ2) is 11.0. The molecule has 0 radical (unpaired) electrons. The Morgan fingerprint density at radius 2 is 1.74 bits per heavy atom. The maximum atomic E-state index is 12.5. The second-order valence-corrected chi connectivity index (χ2v) is 6.50. The molecule has 0 fully saturated rings. The van der Waals surface area contributed by atoms with Gasteiger partial charge in [-0.2, -0.15) is 5.10 Å². The third kappa shape index (κ3) is 5.97. The number of rotatable bonds is 11. The molecule has 0 aliphatic carbocycles. The minimum absolute atomic E-state index is 0.0321. The molecule has 9 heteroatoms. The topological polar surface area (TPSA) is 104 Å². The molecular formula is C22H25N3O6. The zero-order valence-corrected chi connectivity index (χ0v) is 17.6. The summed E-state index contributed by atoms with van der Waals surface area (Å²) in [6.45, 7) is -0.0227. The molecule has 31 heavy (non-hydrogen) atoms. The number of carbonyl (C=O) groups excluding carboxylic acids is 1. The van der Waals surface area contributed by atoms with Gasteiger partial charge in [0.2, 0.25) is 0 Å².